The number of rotatable bonds is 2. The van der Waals surface area contributed by atoms with E-state index in [-0.39, 0.29) is 24.9 Å². The van der Waals surface area contributed by atoms with Crippen LogP contribution >= 0.6 is 0 Å². The van der Waals surface area contributed by atoms with Crippen molar-refractivity contribution in [3.63, 3.8) is 0 Å². The molecule has 0 saturated heterocycles. The molecular weight excluding hydrogens is 196 g/mol. The summed E-state index contributed by atoms with van der Waals surface area (Å²) in [5.41, 5.74) is 0.345. The first-order chi connectivity index (χ1) is 7.17. The second-order valence-corrected chi connectivity index (χ2v) is 3.11. The van der Waals surface area contributed by atoms with Crippen LogP contribution < -0.4 is 0 Å². The Morgan fingerprint density at radius 3 is 2.73 bits per heavy atom. The lowest BCUT2D eigenvalue weighted by Gasteiger charge is -2.00. The average molecular weight is 208 g/mol. The third-order valence-corrected chi connectivity index (χ3v) is 1.78. The highest BCUT2D eigenvalue weighted by molar-refractivity contribution is 5.86. The Labute approximate surface area is 87.9 Å². The van der Waals surface area contributed by atoms with Gasteiger partial charge in [-0.3, -0.25) is 0 Å². The van der Waals surface area contributed by atoms with E-state index in [1.54, 1.807) is 6.92 Å². The molecule has 1 atom stereocenters. The molecule has 0 spiro atoms. The van der Waals surface area contributed by atoms with Gasteiger partial charge in [0.25, 0.3) is 0 Å². The quantitative estimate of drug-likeness (QED) is 0.494. The van der Waals surface area contributed by atoms with Gasteiger partial charge < -0.3 is 14.9 Å². The number of cyclic esters (lactones) is 1. The van der Waals surface area contributed by atoms with Crippen molar-refractivity contribution in [3.8, 4) is 11.8 Å². The van der Waals surface area contributed by atoms with Crippen LogP contribution in [0.4, 0.5) is 0 Å². The molecule has 1 aliphatic heterocycles. The molecule has 0 bridgehead atoms. The molecule has 15 heavy (non-hydrogen) atoms. The van der Waals surface area contributed by atoms with E-state index in [2.05, 4.69) is 11.8 Å². The van der Waals surface area contributed by atoms with E-state index in [9.17, 15) is 4.79 Å². The molecule has 0 saturated carbocycles. The summed E-state index contributed by atoms with van der Waals surface area (Å²) >= 11 is 0. The molecule has 1 rings (SSSR count). The summed E-state index contributed by atoms with van der Waals surface area (Å²) in [6.45, 7) is 1.41. The minimum Gasteiger partial charge on any atom is -0.422 e. The van der Waals surface area contributed by atoms with Crippen LogP contribution in [0.15, 0.2) is 23.5 Å². The van der Waals surface area contributed by atoms with Crippen LogP contribution in [0.25, 0.3) is 0 Å². The van der Waals surface area contributed by atoms with Crippen LogP contribution in [-0.2, 0) is 9.53 Å². The fourth-order valence-electron chi connectivity index (χ4n) is 0.917. The molecular formula is C11H12O4. The minimum atomic E-state index is -0.465. The third-order valence-electron chi connectivity index (χ3n) is 1.78. The van der Waals surface area contributed by atoms with Gasteiger partial charge in [0.2, 0.25) is 0 Å². The molecule has 0 fully saturated rings. The van der Waals surface area contributed by atoms with Gasteiger partial charge in [-0.2, -0.15) is 0 Å². The van der Waals surface area contributed by atoms with Gasteiger partial charge in [-0.25, -0.2) is 4.79 Å². The Balaban J connectivity index is 2.83. The maximum Gasteiger partial charge on any atom is 0.336 e. The Morgan fingerprint density at radius 2 is 2.27 bits per heavy atom. The summed E-state index contributed by atoms with van der Waals surface area (Å²) in [6.07, 6.45) is 2.73. The Bertz CT molecular complexity index is 368. The molecule has 0 amide bonds. The zero-order valence-corrected chi connectivity index (χ0v) is 8.36. The zero-order chi connectivity index (χ0) is 11.3. The highest BCUT2D eigenvalue weighted by Crippen LogP contribution is 2.13. The van der Waals surface area contributed by atoms with Gasteiger partial charge in [0.15, 0.2) is 0 Å². The van der Waals surface area contributed by atoms with Crippen LogP contribution in [-0.4, -0.2) is 29.4 Å². The molecule has 4 nitrogen and oxygen atoms in total. The topological polar surface area (TPSA) is 66.8 Å². The van der Waals surface area contributed by atoms with Crippen molar-refractivity contribution in [3.05, 3.63) is 23.5 Å². The number of esters is 1. The predicted octanol–water partition coefficient (Wildman–Crippen LogP) is -0.0224. The highest BCUT2D eigenvalue weighted by atomic mass is 16.5. The Morgan fingerprint density at radius 1 is 1.53 bits per heavy atom. The second kappa shape index (κ2) is 5.35. The highest BCUT2D eigenvalue weighted by Gasteiger charge is 2.13. The molecule has 0 aromatic rings. The Kier molecular flexibility index (Phi) is 4.10. The summed E-state index contributed by atoms with van der Waals surface area (Å²) in [7, 11) is 0. The number of allylic oxidation sites excluding steroid dienone is 1. The van der Waals surface area contributed by atoms with Crippen molar-refractivity contribution in [2.24, 2.45) is 5.92 Å². The lowest BCUT2D eigenvalue weighted by atomic mass is 10.1. The number of hydrogen-bond donors (Lipinski definition) is 2. The van der Waals surface area contributed by atoms with Crippen molar-refractivity contribution >= 4 is 5.97 Å². The number of ether oxygens (including phenoxy) is 1. The maximum absolute atomic E-state index is 10.8. The molecule has 0 unspecified atom stereocenters. The monoisotopic (exact) mass is 208 g/mol. The number of hydrogen-bond acceptors (Lipinski definition) is 4. The molecule has 0 aromatic heterocycles. The SMILES string of the molecule is C[C@H](C#CC(CO)=C1C=CC(=O)O1)CO. The van der Waals surface area contributed by atoms with E-state index in [0.29, 0.717) is 5.57 Å². The van der Waals surface area contributed by atoms with Gasteiger partial charge in [-0.1, -0.05) is 11.8 Å². The first-order valence-electron chi connectivity index (χ1n) is 4.53. The number of carbonyl (C=O) groups excluding carboxylic acids is 1. The third kappa shape index (κ3) is 3.24. The smallest absolute Gasteiger partial charge is 0.336 e. The molecule has 80 valence electrons. The van der Waals surface area contributed by atoms with E-state index in [4.69, 9.17) is 14.9 Å². The summed E-state index contributed by atoms with van der Waals surface area (Å²) < 4.78 is 4.78. The molecule has 1 aliphatic rings. The minimum absolute atomic E-state index is 0.0450. The van der Waals surface area contributed by atoms with Gasteiger partial charge >= 0.3 is 5.97 Å². The molecule has 1 heterocycles. The number of aliphatic hydroxyl groups is 2. The molecule has 0 aromatic carbocycles. The molecule has 0 aliphatic carbocycles. The lowest BCUT2D eigenvalue weighted by molar-refractivity contribution is -0.132. The van der Waals surface area contributed by atoms with Crippen molar-refractivity contribution in [1.29, 1.82) is 0 Å². The standard InChI is InChI=1S/C11H12O4/c1-8(6-12)2-3-9(7-13)10-4-5-11(14)15-10/h4-5,8,12-13H,6-7H2,1H3/t8-/m1/s1. The average Bonchev–Trinajstić information content (AvgIpc) is 2.65. The summed E-state index contributed by atoms with van der Waals surface area (Å²) in [5, 5.41) is 17.8. The van der Waals surface area contributed by atoms with E-state index < -0.39 is 5.97 Å². The fraction of sp³-hybridized carbons (Fsp3) is 0.364. The zero-order valence-electron chi connectivity index (χ0n) is 8.36. The molecule has 4 heteroatoms. The first-order valence-corrected chi connectivity index (χ1v) is 4.53. The number of aliphatic hydroxyl groups excluding tert-OH is 2. The van der Waals surface area contributed by atoms with Gasteiger partial charge in [0.05, 0.1) is 18.8 Å². The van der Waals surface area contributed by atoms with E-state index in [1.807, 2.05) is 0 Å². The van der Waals surface area contributed by atoms with Crippen LogP contribution in [0.1, 0.15) is 6.92 Å². The normalized spacial score (nSPS) is 19.3. The maximum atomic E-state index is 10.8. The van der Waals surface area contributed by atoms with Crippen LogP contribution in [0.3, 0.4) is 0 Å². The van der Waals surface area contributed by atoms with Crippen molar-refractivity contribution in [2.45, 2.75) is 6.92 Å². The summed E-state index contributed by atoms with van der Waals surface area (Å²) in [6, 6.07) is 0. The van der Waals surface area contributed by atoms with Crippen molar-refractivity contribution < 1.29 is 19.7 Å². The van der Waals surface area contributed by atoms with Gasteiger partial charge in [-0.15, -0.1) is 0 Å². The van der Waals surface area contributed by atoms with Crippen molar-refractivity contribution in [1.82, 2.24) is 0 Å². The van der Waals surface area contributed by atoms with Gasteiger partial charge in [0.1, 0.15) is 5.76 Å². The second-order valence-electron chi connectivity index (χ2n) is 3.11. The van der Waals surface area contributed by atoms with Gasteiger partial charge in [0, 0.05) is 12.0 Å². The first kappa shape index (κ1) is 11.5. The summed E-state index contributed by atoms with van der Waals surface area (Å²) in [4.78, 5) is 10.8. The Hall–Kier alpha value is -1.57. The van der Waals surface area contributed by atoms with E-state index >= 15 is 0 Å². The number of carbonyl (C=O) groups is 1. The van der Waals surface area contributed by atoms with Gasteiger partial charge in [-0.05, 0) is 13.0 Å². The summed E-state index contributed by atoms with van der Waals surface area (Å²) in [5.74, 6) is 5.05. The lowest BCUT2D eigenvalue weighted by Crippen LogP contribution is -1.99. The predicted molar refractivity (Wildman–Crippen MR) is 53.4 cm³/mol. The largest absolute Gasteiger partial charge is 0.422 e. The van der Waals surface area contributed by atoms with E-state index in [1.165, 1.54) is 12.2 Å². The van der Waals surface area contributed by atoms with Crippen LogP contribution in [0.5, 0.6) is 0 Å². The van der Waals surface area contributed by atoms with Crippen LogP contribution in [0, 0.1) is 17.8 Å². The van der Waals surface area contributed by atoms with E-state index in [0.717, 1.165) is 0 Å². The van der Waals surface area contributed by atoms with Crippen molar-refractivity contribution in [2.75, 3.05) is 13.2 Å². The molecule has 0 radical (unpaired) electrons. The molecule has 2 N–H and O–H groups in total. The van der Waals surface area contributed by atoms with Crippen LogP contribution in [0.2, 0.25) is 0 Å². The fourth-order valence-corrected chi connectivity index (χ4v) is 0.917.